The number of halogens is 2. The third-order valence-electron chi connectivity index (χ3n) is 2.60. The monoisotopic (exact) mass is 315 g/mol. The summed E-state index contributed by atoms with van der Waals surface area (Å²) in [6.45, 7) is 0.161. The molecule has 1 N–H and O–H groups in total. The minimum atomic E-state index is -0.419. The zero-order chi connectivity index (χ0) is 14.7. The summed E-state index contributed by atoms with van der Waals surface area (Å²) in [5.74, 6) is 0.320. The predicted octanol–water partition coefficient (Wildman–Crippen LogP) is 1.46. The van der Waals surface area contributed by atoms with Crippen LogP contribution in [-0.4, -0.2) is 33.2 Å². The van der Waals surface area contributed by atoms with E-state index in [4.69, 9.17) is 27.9 Å². The van der Waals surface area contributed by atoms with Crippen LogP contribution in [0.5, 0.6) is 5.75 Å². The molecule has 0 aliphatic heterocycles. The van der Waals surface area contributed by atoms with Crippen molar-refractivity contribution in [2.24, 2.45) is 7.05 Å². The first-order chi connectivity index (χ1) is 9.54. The number of amides is 1. The van der Waals surface area contributed by atoms with Crippen molar-refractivity contribution in [3.05, 3.63) is 33.6 Å². The maximum atomic E-state index is 12.2. The molecule has 0 bridgehead atoms. The average molecular weight is 316 g/mol. The predicted molar refractivity (Wildman–Crippen MR) is 73.0 cm³/mol. The second-order valence-corrected chi connectivity index (χ2v) is 4.65. The second kappa shape index (κ2) is 6.06. The summed E-state index contributed by atoms with van der Waals surface area (Å²) in [5.41, 5.74) is 0.178. The van der Waals surface area contributed by atoms with Crippen LogP contribution in [0, 0.1) is 0 Å². The molecule has 0 saturated heterocycles. The number of methoxy groups -OCH3 is 1. The maximum Gasteiger partial charge on any atom is 0.257 e. The smallest absolute Gasteiger partial charge is 0.257 e. The van der Waals surface area contributed by atoms with E-state index in [-0.39, 0.29) is 22.9 Å². The van der Waals surface area contributed by atoms with Gasteiger partial charge in [0.2, 0.25) is 0 Å². The molecule has 0 atom stereocenters. The van der Waals surface area contributed by atoms with Crippen LogP contribution < -0.4 is 10.1 Å². The van der Waals surface area contributed by atoms with Gasteiger partial charge < -0.3 is 10.1 Å². The molecule has 1 aromatic carbocycles. The highest BCUT2D eigenvalue weighted by Gasteiger charge is 2.19. The van der Waals surface area contributed by atoms with E-state index in [0.29, 0.717) is 10.8 Å². The number of rotatable bonds is 4. The van der Waals surface area contributed by atoms with Gasteiger partial charge in [0.15, 0.2) is 11.6 Å². The molecule has 2 rings (SSSR count). The first-order valence-corrected chi connectivity index (χ1v) is 6.31. The van der Waals surface area contributed by atoms with Crippen LogP contribution in [-0.2, 0) is 13.6 Å². The van der Waals surface area contributed by atoms with Gasteiger partial charge in [-0.25, -0.2) is 4.68 Å². The number of carbonyl (C=O) groups excluding carboxylic acids is 1. The van der Waals surface area contributed by atoms with E-state index in [2.05, 4.69) is 20.8 Å². The molecule has 0 radical (unpaired) electrons. The minimum Gasteiger partial charge on any atom is -0.494 e. The van der Waals surface area contributed by atoms with Crippen molar-refractivity contribution >= 4 is 29.1 Å². The van der Waals surface area contributed by atoms with Gasteiger partial charge in [-0.2, -0.15) is 0 Å². The van der Waals surface area contributed by atoms with Gasteiger partial charge in [0, 0.05) is 7.05 Å². The Labute approximate surface area is 124 Å². The zero-order valence-corrected chi connectivity index (χ0v) is 12.2. The molecule has 7 nitrogen and oxygen atoms in total. The molecule has 0 saturated carbocycles. The molecule has 0 aliphatic carbocycles. The summed E-state index contributed by atoms with van der Waals surface area (Å²) in [6, 6.07) is 3.09. The lowest BCUT2D eigenvalue weighted by molar-refractivity contribution is 0.0946. The average Bonchev–Trinajstić information content (AvgIpc) is 2.83. The van der Waals surface area contributed by atoms with Gasteiger partial charge in [-0.1, -0.05) is 23.2 Å². The number of nitrogens with zero attached hydrogens (tertiary/aromatic N) is 4. The molecule has 106 valence electrons. The summed E-state index contributed by atoms with van der Waals surface area (Å²) in [6.07, 6.45) is 0. The summed E-state index contributed by atoms with van der Waals surface area (Å²) in [5, 5.41) is 14.1. The van der Waals surface area contributed by atoms with E-state index in [1.165, 1.54) is 17.9 Å². The van der Waals surface area contributed by atoms with Gasteiger partial charge in [-0.15, -0.1) is 5.10 Å². The maximum absolute atomic E-state index is 12.2. The standard InChI is InChI=1S/C11H11Cl2N5O2/c1-18-8(15-16-17-18)5-14-11(19)9-6(12)3-4-7(13)10(9)20-2/h3-4H,5H2,1-2H3,(H,14,19). The van der Waals surface area contributed by atoms with Crippen LogP contribution in [0.4, 0.5) is 0 Å². The Morgan fingerprint density at radius 3 is 2.70 bits per heavy atom. The Hall–Kier alpha value is -1.86. The van der Waals surface area contributed by atoms with Crippen molar-refractivity contribution in [3.63, 3.8) is 0 Å². The van der Waals surface area contributed by atoms with Crippen molar-refractivity contribution in [3.8, 4) is 5.75 Å². The number of ether oxygens (including phenoxy) is 1. The molecule has 9 heteroatoms. The van der Waals surface area contributed by atoms with Crippen molar-refractivity contribution in [2.75, 3.05) is 7.11 Å². The summed E-state index contributed by atoms with van der Waals surface area (Å²) in [4.78, 5) is 12.2. The highest BCUT2D eigenvalue weighted by atomic mass is 35.5. The molecule has 1 heterocycles. The summed E-state index contributed by atoms with van der Waals surface area (Å²) in [7, 11) is 3.09. The number of benzene rings is 1. The van der Waals surface area contributed by atoms with Crippen LogP contribution in [0.1, 0.15) is 16.2 Å². The molecule has 1 aromatic heterocycles. The fraction of sp³-hybridized carbons (Fsp3) is 0.273. The topological polar surface area (TPSA) is 81.9 Å². The highest BCUT2D eigenvalue weighted by molar-refractivity contribution is 6.37. The molecule has 0 aliphatic rings. The lowest BCUT2D eigenvalue weighted by Crippen LogP contribution is -2.25. The van der Waals surface area contributed by atoms with E-state index < -0.39 is 5.91 Å². The Balaban J connectivity index is 2.21. The third-order valence-corrected chi connectivity index (χ3v) is 3.22. The van der Waals surface area contributed by atoms with E-state index in [9.17, 15) is 4.79 Å². The molecular formula is C11H11Cl2N5O2. The van der Waals surface area contributed by atoms with Gasteiger partial charge in [-0.3, -0.25) is 4.79 Å². The first-order valence-electron chi connectivity index (χ1n) is 5.56. The number of aryl methyl sites for hydroxylation is 1. The highest BCUT2D eigenvalue weighted by Crippen LogP contribution is 2.33. The van der Waals surface area contributed by atoms with Crippen molar-refractivity contribution < 1.29 is 9.53 Å². The van der Waals surface area contributed by atoms with Gasteiger partial charge >= 0.3 is 0 Å². The van der Waals surface area contributed by atoms with Crippen molar-refractivity contribution in [2.45, 2.75) is 6.54 Å². The SMILES string of the molecule is COc1c(Cl)ccc(Cl)c1C(=O)NCc1nnnn1C. The Morgan fingerprint density at radius 2 is 2.10 bits per heavy atom. The Morgan fingerprint density at radius 1 is 1.40 bits per heavy atom. The minimum absolute atomic E-state index is 0.161. The van der Waals surface area contributed by atoms with Crippen LogP contribution in [0.2, 0.25) is 10.0 Å². The summed E-state index contributed by atoms with van der Waals surface area (Å²) < 4.78 is 6.57. The number of hydrogen-bond acceptors (Lipinski definition) is 5. The van der Waals surface area contributed by atoms with Crippen LogP contribution in [0.3, 0.4) is 0 Å². The van der Waals surface area contributed by atoms with E-state index >= 15 is 0 Å². The van der Waals surface area contributed by atoms with Crippen molar-refractivity contribution in [1.29, 1.82) is 0 Å². The number of aromatic nitrogens is 4. The summed E-state index contributed by atoms with van der Waals surface area (Å²) >= 11 is 12.0. The number of tetrazole rings is 1. The van der Waals surface area contributed by atoms with E-state index in [1.54, 1.807) is 13.1 Å². The molecule has 0 spiro atoms. The lowest BCUT2D eigenvalue weighted by atomic mass is 10.2. The van der Waals surface area contributed by atoms with E-state index in [0.717, 1.165) is 0 Å². The van der Waals surface area contributed by atoms with Gasteiger partial charge in [0.1, 0.15) is 5.56 Å². The number of hydrogen-bond donors (Lipinski definition) is 1. The molecule has 0 unspecified atom stereocenters. The molecule has 2 aromatic rings. The number of carbonyl (C=O) groups is 1. The largest absolute Gasteiger partial charge is 0.494 e. The van der Waals surface area contributed by atoms with Crippen LogP contribution in [0.25, 0.3) is 0 Å². The van der Waals surface area contributed by atoms with Gasteiger partial charge in [-0.05, 0) is 22.6 Å². The first kappa shape index (κ1) is 14.5. The quantitative estimate of drug-likeness (QED) is 0.923. The van der Waals surface area contributed by atoms with Gasteiger partial charge in [0.05, 0.1) is 23.7 Å². The molecule has 0 fully saturated rings. The fourth-order valence-corrected chi connectivity index (χ4v) is 2.06. The second-order valence-electron chi connectivity index (χ2n) is 3.84. The molecular weight excluding hydrogens is 305 g/mol. The fourth-order valence-electron chi connectivity index (χ4n) is 1.59. The molecule has 20 heavy (non-hydrogen) atoms. The third kappa shape index (κ3) is 2.83. The lowest BCUT2D eigenvalue weighted by Gasteiger charge is -2.11. The molecule has 1 amide bonds. The van der Waals surface area contributed by atoms with Crippen molar-refractivity contribution in [1.82, 2.24) is 25.5 Å². The van der Waals surface area contributed by atoms with Crippen LogP contribution in [0.15, 0.2) is 12.1 Å². The van der Waals surface area contributed by atoms with Gasteiger partial charge in [0.25, 0.3) is 5.91 Å². The Bertz CT molecular complexity index is 644. The Kier molecular flexibility index (Phi) is 4.41. The number of nitrogens with one attached hydrogen (secondary N) is 1. The zero-order valence-electron chi connectivity index (χ0n) is 10.7. The normalized spacial score (nSPS) is 10.4. The van der Waals surface area contributed by atoms with E-state index in [1.807, 2.05) is 0 Å². The van der Waals surface area contributed by atoms with Crippen LogP contribution >= 0.6 is 23.2 Å².